The number of sulfonamides is 1. The fourth-order valence-electron chi connectivity index (χ4n) is 2.41. The summed E-state index contributed by atoms with van der Waals surface area (Å²) in [6, 6.07) is 13.9. The highest BCUT2D eigenvalue weighted by atomic mass is 35.5. The molecule has 0 aliphatic carbocycles. The Morgan fingerprint density at radius 3 is 2.59 bits per heavy atom. The Hall–Kier alpha value is -2.42. The second-order valence-electron chi connectivity index (χ2n) is 5.88. The summed E-state index contributed by atoms with van der Waals surface area (Å²) < 4.78 is 36.6. The van der Waals surface area contributed by atoms with Gasteiger partial charge in [0.1, 0.15) is 5.75 Å². The zero-order valence-corrected chi connectivity index (χ0v) is 16.4. The van der Waals surface area contributed by atoms with Gasteiger partial charge in [0.2, 0.25) is 21.7 Å². The maximum atomic E-state index is 12.5. The molecule has 0 radical (unpaired) electrons. The van der Waals surface area contributed by atoms with Crippen LogP contribution in [0.15, 0.2) is 53.1 Å². The van der Waals surface area contributed by atoms with Gasteiger partial charge in [0, 0.05) is 17.6 Å². The Morgan fingerprint density at radius 2 is 1.93 bits per heavy atom. The molecule has 0 spiro atoms. The summed E-state index contributed by atoms with van der Waals surface area (Å²) in [7, 11) is -0.508. The van der Waals surface area contributed by atoms with Crippen molar-refractivity contribution in [3.63, 3.8) is 0 Å². The minimum Gasteiger partial charge on any atom is -0.497 e. The predicted molar refractivity (Wildman–Crippen MR) is 102 cm³/mol. The standard InChI is InChI=1S/C18H18ClN3O4S/c1-22(27(23,24)12-13-4-3-5-15(19)10-13)11-17-20-18(21-26-17)14-6-8-16(25-2)9-7-14/h3-10H,11-12H2,1-2H3. The fraction of sp³-hybridized carbons (Fsp3) is 0.222. The van der Waals surface area contributed by atoms with Gasteiger partial charge < -0.3 is 9.26 Å². The van der Waals surface area contributed by atoms with E-state index < -0.39 is 10.0 Å². The van der Waals surface area contributed by atoms with E-state index in [1.54, 1.807) is 55.6 Å². The minimum absolute atomic E-state index is 0.0218. The lowest BCUT2D eigenvalue weighted by Gasteiger charge is -2.15. The van der Waals surface area contributed by atoms with Crippen LogP contribution in [0.2, 0.25) is 5.02 Å². The molecule has 0 atom stereocenters. The molecule has 0 unspecified atom stereocenters. The molecule has 0 saturated heterocycles. The smallest absolute Gasteiger partial charge is 0.242 e. The number of halogens is 1. The number of methoxy groups -OCH3 is 1. The van der Waals surface area contributed by atoms with Crippen molar-refractivity contribution in [2.45, 2.75) is 12.3 Å². The molecule has 0 aliphatic heterocycles. The van der Waals surface area contributed by atoms with E-state index in [9.17, 15) is 8.42 Å². The number of benzene rings is 2. The van der Waals surface area contributed by atoms with E-state index in [0.717, 1.165) is 5.56 Å². The van der Waals surface area contributed by atoms with Gasteiger partial charge in [-0.1, -0.05) is 28.9 Å². The predicted octanol–water partition coefficient (Wildman–Crippen LogP) is 3.36. The van der Waals surface area contributed by atoms with E-state index >= 15 is 0 Å². The summed E-state index contributed by atoms with van der Waals surface area (Å²) in [4.78, 5) is 4.26. The Kier molecular flexibility index (Phi) is 5.79. The van der Waals surface area contributed by atoms with Crippen molar-refractivity contribution < 1.29 is 17.7 Å². The first-order valence-electron chi connectivity index (χ1n) is 8.03. The first kappa shape index (κ1) is 19.3. The zero-order chi connectivity index (χ0) is 19.4. The van der Waals surface area contributed by atoms with Gasteiger partial charge in [0.05, 0.1) is 19.4 Å². The summed E-state index contributed by atoms with van der Waals surface area (Å²) in [6.07, 6.45) is 0. The third-order valence-corrected chi connectivity index (χ3v) is 5.90. The average Bonchev–Trinajstić information content (AvgIpc) is 3.10. The van der Waals surface area contributed by atoms with E-state index in [1.165, 1.54) is 11.4 Å². The summed E-state index contributed by atoms with van der Waals surface area (Å²) in [5.41, 5.74) is 1.36. The van der Waals surface area contributed by atoms with Gasteiger partial charge in [0.25, 0.3) is 0 Å². The van der Waals surface area contributed by atoms with Crippen LogP contribution in [0.5, 0.6) is 5.75 Å². The maximum absolute atomic E-state index is 12.5. The monoisotopic (exact) mass is 407 g/mol. The van der Waals surface area contributed by atoms with Crippen molar-refractivity contribution in [3.8, 4) is 17.1 Å². The number of ether oxygens (including phenoxy) is 1. The van der Waals surface area contributed by atoms with Crippen molar-refractivity contribution in [1.29, 1.82) is 0 Å². The van der Waals surface area contributed by atoms with Crippen LogP contribution >= 0.6 is 11.6 Å². The van der Waals surface area contributed by atoms with Crippen molar-refractivity contribution in [3.05, 3.63) is 65.0 Å². The zero-order valence-electron chi connectivity index (χ0n) is 14.8. The fourth-order valence-corrected chi connectivity index (χ4v) is 3.75. The Labute approximate surface area is 162 Å². The largest absolute Gasteiger partial charge is 0.497 e. The van der Waals surface area contributed by atoms with Gasteiger partial charge in [0.15, 0.2) is 0 Å². The molecule has 0 fully saturated rings. The summed E-state index contributed by atoms with van der Waals surface area (Å²) in [6.45, 7) is -0.0218. The molecule has 1 aromatic heterocycles. The molecule has 0 aliphatic rings. The number of hydrogen-bond donors (Lipinski definition) is 0. The first-order valence-corrected chi connectivity index (χ1v) is 10.0. The van der Waals surface area contributed by atoms with E-state index in [4.69, 9.17) is 20.9 Å². The van der Waals surface area contributed by atoms with Crippen molar-refractivity contribution >= 4 is 21.6 Å². The summed E-state index contributed by atoms with van der Waals surface area (Å²) in [5.74, 6) is 1.14. The normalized spacial score (nSPS) is 11.7. The van der Waals surface area contributed by atoms with Crippen LogP contribution in [0.25, 0.3) is 11.4 Å². The summed E-state index contributed by atoms with van der Waals surface area (Å²) >= 11 is 5.91. The second kappa shape index (κ2) is 8.08. The highest BCUT2D eigenvalue weighted by Crippen LogP contribution is 2.21. The molecule has 3 aromatic rings. The first-order chi connectivity index (χ1) is 12.9. The highest BCUT2D eigenvalue weighted by molar-refractivity contribution is 7.88. The SMILES string of the molecule is COc1ccc(-c2noc(CN(C)S(=O)(=O)Cc3cccc(Cl)c3)n2)cc1. The van der Waals surface area contributed by atoms with Gasteiger partial charge in [-0.2, -0.15) is 9.29 Å². The highest BCUT2D eigenvalue weighted by Gasteiger charge is 2.21. The van der Waals surface area contributed by atoms with Crippen LogP contribution < -0.4 is 4.74 Å². The average molecular weight is 408 g/mol. The number of hydrogen-bond acceptors (Lipinski definition) is 6. The van der Waals surface area contributed by atoms with Gasteiger partial charge in [-0.25, -0.2) is 8.42 Å². The lowest BCUT2D eigenvalue weighted by molar-refractivity contribution is 0.336. The molecule has 0 amide bonds. The molecule has 2 aromatic carbocycles. The van der Waals surface area contributed by atoms with Crippen LogP contribution in [0.3, 0.4) is 0 Å². The van der Waals surface area contributed by atoms with E-state index in [2.05, 4.69) is 10.1 Å². The van der Waals surface area contributed by atoms with Gasteiger partial charge >= 0.3 is 0 Å². The Morgan fingerprint density at radius 1 is 1.19 bits per heavy atom. The number of nitrogens with zero attached hydrogens (tertiary/aromatic N) is 3. The molecule has 0 saturated carbocycles. The van der Waals surface area contributed by atoms with Crippen LogP contribution in [-0.2, 0) is 22.3 Å². The summed E-state index contributed by atoms with van der Waals surface area (Å²) in [5, 5.41) is 4.40. The molecule has 7 nitrogen and oxygen atoms in total. The van der Waals surface area contributed by atoms with Gasteiger partial charge in [-0.15, -0.1) is 0 Å². The number of rotatable bonds is 7. The quantitative estimate of drug-likeness (QED) is 0.597. The Bertz CT molecular complexity index is 1020. The third-order valence-electron chi connectivity index (χ3n) is 3.89. The van der Waals surface area contributed by atoms with Crippen LogP contribution in [0, 0.1) is 0 Å². The molecule has 9 heteroatoms. The van der Waals surface area contributed by atoms with Gasteiger partial charge in [-0.05, 0) is 42.0 Å². The van der Waals surface area contributed by atoms with Crippen molar-refractivity contribution in [2.75, 3.05) is 14.2 Å². The van der Waals surface area contributed by atoms with E-state index in [1.807, 2.05) is 0 Å². The maximum Gasteiger partial charge on any atom is 0.242 e. The lowest BCUT2D eigenvalue weighted by atomic mass is 10.2. The molecule has 27 heavy (non-hydrogen) atoms. The minimum atomic E-state index is -3.56. The van der Waals surface area contributed by atoms with Crippen LogP contribution in [0.4, 0.5) is 0 Å². The van der Waals surface area contributed by atoms with Crippen molar-refractivity contribution in [1.82, 2.24) is 14.4 Å². The molecule has 0 N–H and O–H groups in total. The lowest BCUT2D eigenvalue weighted by Crippen LogP contribution is -2.27. The molecule has 1 heterocycles. The third kappa shape index (κ3) is 4.85. The Balaban J connectivity index is 1.70. The molecular formula is C18H18ClN3O4S. The molecule has 0 bridgehead atoms. The van der Waals surface area contributed by atoms with Crippen LogP contribution in [-0.4, -0.2) is 37.0 Å². The molecular weight excluding hydrogens is 390 g/mol. The van der Waals surface area contributed by atoms with Gasteiger partial charge in [-0.3, -0.25) is 0 Å². The van der Waals surface area contributed by atoms with Crippen molar-refractivity contribution in [2.24, 2.45) is 0 Å². The second-order valence-corrected chi connectivity index (χ2v) is 8.39. The van der Waals surface area contributed by atoms with Crippen LogP contribution in [0.1, 0.15) is 11.5 Å². The number of aromatic nitrogens is 2. The molecule has 3 rings (SSSR count). The molecule has 142 valence electrons. The topological polar surface area (TPSA) is 85.5 Å². The van der Waals surface area contributed by atoms with E-state index in [0.29, 0.717) is 22.2 Å². The van der Waals surface area contributed by atoms with E-state index in [-0.39, 0.29) is 18.2 Å².